The Kier molecular flexibility index (Phi) is 8.44. The molecule has 1 amide bonds. The van der Waals surface area contributed by atoms with Crippen molar-refractivity contribution in [3.63, 3.8) is 0 Å². The van der Waals surface area contributed by atoms with E-state index < -0.39 is 0 Å². The molecule has 0 atom stereocenters. The summed E-state index contributed by atoms with van der Waals surface area (Å²) in [5.74, 6) is 1.41. The number of hydrogen-bond acceptors (Lipinski definition) is 3. The average Bonchev–Trinajstić information content (AvgIpc) is 3.07. The van der Waals surface area contributed by atoms with E-state index in [1.165, 1.54) is 6.07 Å². The van der Waals surface area contributed by atoms with Crippen molar-refractivity contribution in [2.75, 3.05) is 26.2 Å². The molecule has 3 rings (SSSR count). The summed E-state index contributed by atoms with van der Waals surface area (Å²) < 4.78 is 16.3. The molecule has 2 N–H and O–H groups in total. The molecule has 31 heavy (non-hydrogen) atoms. The highest BCUT2D eigenvalue weighted by molar-refractivity contribution is 5.79. The zero-order valence-corrected chi connectivity index (χ0v) is 18.5. The molecule has 0 saturated carbocycles. The minimum absolute atomic E-state index is 0.273. The van der Waals surface area contributed by atoms with Crippen LogP contribution >= 0.6 is 0 Å². The summed E-state index contributed by atoms with van der Waals surface area (Å²) in [4.78, 5) is 22.8. The number of nitrogens with zero attached hydrogens (tertiary/aromatic N) is 4. The van der Waals surface area contributed by atoms with Crippen LogP contribution in [0.4, 0.5) is 4.39 Å². The number of benzene rings is 1. The van der Waals surface area contributed by atoms with Crippen molar-refractivity contribution in [2.24, 2.45) is 4.99 Å². The lowest BCUT2D eigenvalue weighted by Gasteiger charge is -2.20. The maximum atomic E-state index is 14.6. The molecule has 1 aliphatic rings. The summed E-state index contributed by atoms with van der Waals surface area (Å²) in [5.41, 5.74) is 1.28. The van der Waals surface area contributed by atoms with Gasteiger partial charge in [-0.25, -0.2) is 14.4 Å². The van der Waals surface area contributed by atoms with Crippen molar-refractivity contribution in [3.8, 4) is 5.69 Å². The topological polar surface area (TPSA) is 74.6 Å². The molecule has 1 aromatic heterocycles. The van der Waals surface area contributed by atoms with Gasteiger partial charge in [-0.3, -0.25) is 4.79 Å². The molecule has 1 fully saturated rings. The Morgan fingerprint density at radius 1 is 1.26 bits per heavy atom. The first-order valence-corrected chi connectivity index (χ1v) is 11.2. The third kappa shape index (κ3) is 6.54. The van der Waals surface area contributed by atoms with Crippen LogP contribution in [0.25, 0.3) is 5.69 Å². The quantitative estimate of drug-likeness (QED) is 0.385. The van der Waals surface area contributed by atoms with Crippen molar-refractivity contribution >= 4 is 11.9 Å². The number of hydrogen-bond donors (Lipinski definition) is 2. The second-order valence-electron chi connectivity index (χ2n) is 7.80. The molecule has 2 heterocycles. The molecule has 1 saturated heterocycles. The molecule has 0 bridgehead atoms. The third-order valence-corrected chi connectivity index (χ3v) is 5.43. The van der Waals surface area contributed by atoms with E-state index in [1.54, 1.807) is 23.0 Å². The minimum atomic E-state index is -0.297. The predicted molar refractivity (Wildman–Crippen MR) is 121 cm³/mol. The number of aromatic nitrogens is 2. The van der Waals surface area contributed by atoms with Gasteiger partial charge in [0.2, 0.25) is 5.91 Å². The third-order valence-electron chi connectivity index (χ3n) is 5.43. The molecule has 0 aliphatic carbocycles. The van der Waals surface area contributed by atoms with Crippen LogP contribution in [0.3, 0.4) is 0 Å². The lowest BCUT2D eigenvalue weighted by atomic mass is 10.2. The van der Waals surface area contributed by atoms with Gasteiger partial charge in [-0.1, -0.05) is 12.5 Å². The van der Waals surface area contributed by atoms with Crippen LogP contribution in [0.1, 0.15) is 50.4 Å². The van der Waals surface area contributed by atoms with Crippen molar-refractivity contribution in [1.82, 2.24) is 25.1 Å². The molecule has 1 aliphatic heterocycles. The highest BCUT2D eigenvalue weighted by atomic mass is 19.1. The van der Waals surface area contributed by atoms with Crippen molar-refractivity contribution in [1.29, 1.82) is 0 Å². The molecule has 7 nitrogen and oxygen atoms in total. The van der Waals surface area contributed by atoms with E-state index in [2.05, 4.69) is 20.6 Å². The van der Waals surface area contributed by atoms with Crippen LogP contribution < -0.4 is 10.6 Å². The van der Waals surface area contributed by atoms with Gasteiger partial charge in [-0.15, -0.1) is 0 Å². The van der Waals surface area contributed by atoms with E-state index in [0.717, 1.165) is 63.3 Å². The summed E-state index contributed by atoms with van der Waals surface area (Å²) in [7, 11) is 0. The van der Waals surface area contributed by atoms with Crippen LogP contribution in [0, 0.1) is 12.7 Å². The molecule has 1 aromatic carbocycles. The summed E-state index contributed by atoms with van der Waals surface area (Å²) in [6, 6.07) is 5.16. The fraction of sp³-hybridized carbons (Fsp3) is 0.522. The number of likely N-dealkylation sites (tertiary alicyclic amines) is 1. The van der Waals surface area contributed by atoms with Crippen LogP contribution in [-0.4, -0.2) is 52.5 Å². The number of rotatable bonds is 8. The van der Waals surface area contributed by atoms with Gasteiger partial charge >= 0.3 is 0 Å². The summed E-state index contributed by atoms with van der Waals surface area (Å²) in [5, 5.41) is 6.53. The number of carbonyl (C=O) groups excluding carboxylic acids is 1. The number of carbonyl (C=O) groups is 1. The van der Waals surface area contributed by atoms with Gasteiger partial charge in [0.25, 0.3) is 0 Å². The molecular formula is C23H33FN6O. The van der Waals surface area contributed by atoms with Gasteiger partial charge in [-0.2, -0.15) is 0 Å². The molecule has 8 heteroatoms. The summed E-state index contributed by atoms with van der Waals surface area (Å²) in [6.45, 7) is 7.33. The van der Waals surface area contributed by atoms with Gasteiger partial charge in [0.15, 0.2) is 5.96 Å². The highest BCUT2D eigenvalue weighted by Gasteiger charge is 2.15. The molecular weight excluding hydrogens is 395 g/mol. The zero-order valence-electron chi connectivity index (χ0n) is 18.5. The lowest BCUT2D eigenvalue weighted by Crippen LogP contribution is -2.39. The molecule has 0 spiro atoms. The first-order valence-electron chi connectivity index (χ1n) is 11.2. The fourth-order valence-corrected chi connectivity index (χ4v) is 3.74. The van der Waals surface area contributed by atoms with Crippen LogP contribution in [0.5, 0.6) is 0 Å². The second kappa shape index (κ2) is 11.5. The van der Waals surface area contributed by atoms with Gasteiger partial charge in [0, 0.05) is 45.0 Å². The Hall–Kier alpha value is -2.90. The lowest BCUT2D eigenvalue weighted by molar-refractivity contribution is -0.130. The Balaban J connectivity index is 1.52. The van der Waals surface area contributed by atoms with E-state index in [-0.39, 0.29) is 11.7 Å². The Labute approximate surface area is 183 Å². The molecule has 0 unspecified atom stereocenters. The Bertz CT molecular complexity index is 894. The normalized spacial score (nSPS) is 15.1. The fourth-order valence-electron chi connectivity index (χ4n) is 3.74. The zero-order chi connectivity index (χ0) is 22.1. The average molecular weight is 429 g/mol. The van der Waals surface area contributed by atoms with Gasteiger partial charge in [0.05, 0.1) is 12.2 Å². The molecule has 2 aromatic rings. The second-order valence-corrected chi connectivity index (χ2v) is 7.80. The van der Waals surface area contributed by atoms with Crippen molar-refractivity contribution < 1.29 is 9.18 Å². The highest BCUT2D eigenvalue weighted by Crippen LogP contribution is 2.17. The number of nitrogens with one attached hydrogen (secondary N) is 2. The van der Waals surface area contributed by atoms with Crippen LogP contribution in [0.15, 0.2) is 35.6 Å². The molecule has 168 valence electrons. The summed E-state index contributed by atoms with van der Waals surface area (Å²) in [6.07, 6.45) is 8.19. The van der Waals surface area contributed by atoms with E-state index in [9.17, 15) is 9.18 Å². The number of imidazole rings is 1. The summed E-state index contributed by atoms with van der Waals surface area (Å²) >= 11 is 0. The SMILES string of the molecule is CCNC(=NCc1ccc(-n2ccnc2C)c(F)c1)NCCCN1CCCCCC1=O. The van der Waals surface area contributed by atoms with E-state index >= 15 is 0 Å². The number of guanidine groups is 1. The van der Waals surface area contributed by atoms with E-state index in [1.807, 2.05) is 24.8 Å². The Morgan fingerprint density at radius 2 is 2.13 bits per heavy atom. The molecule has 0 radical (unpaired) electrons. The van der Waals surface area contributed by atoms with E-state index in [4.69, 9.17) is 0 Å². The predicted octanol–water partition coefficient (Wildman–Crippen LogP) is 3.17. The first kappa shape index (κ1) is 22.8. The van der Waals surface area contributed by atoms with Crippen molar-refractivity contribution in [3.05, 3.63) is 47.8 Å². The number of aryl methyl sites for hydroxylation is 1. The number of amides is 1. The van der Waals surface area contributed by atoms with Gasteiger partial charge < -0.3 is 20.1 Å². The van der Waals surface area contributed by atoms with Crippen molar-refractivity contribution in [2.45, 2.75) is 52.5 Å². The van der Waals surface area contributed by atoms with Gasteiger partial charge in [-0.05, 0) is 50.8 Å². The van der Waals surface area contributed by atoms with Gasteiger partial charge in [0.1, 0.15) is 11.6 Å². The maximum absolute atomic E-state index is 14.6. The Morgan fingerprint density at radius 3 is 2.87 bits per heavy atom. The minimum Gasteiger partial charge on any atom is -0.357 e. The number of aliphatic imine (C=N–C) groups is 1. The van der Waals surface area contributed by atoms with E-state index in [0.29, 0.717) is 24.6 Å². The smallest absolute Gasteiger partial charge is 0.222 e. The van der Waals surface area contributed by atoms with Crippen LogP contribution in [-0.2, 0) is 11.3 Å². The number of halogens is 1. The monoisotopic (exact) mass is 428 g/mol. The standard InChI is InChI=1S/C23H33FN6O/c1-3-25-23(27-11-7-14-29-13-6-4-5-8-22(29)31)28-17-19-9-10-21(20(24)16-19)30-15-12-26-18(30)2/h9-10,12,15-16H,3-8,11,13-14,17H2,1-2H3,(H2,25,27,28). The maximum Gasteiger partial charge on any atom is 0.222 e. The first-order chi connectivity index (χ1) is 15.1. The van der Waals surface area contributed by atoms with Crippen LogP contribution in [0.2, 0.25) is 0 Å². The largest absolute Gasteiger partial charge is 0.357 e.